The minimum atomic E-state index is -0.433. The Morgan fingerprint density at radius 1 is 1.19 bits per heavy atom. The monoisotopic (exact) mass is 387 g/mol. The minimum absolute atomic E-state index is 0.213. The lowest BCUT2D eigenvalue weighted by Gasteiger charge is -2.01. The fourth-order valence-electron chi connectivity index (χ4n) is 2.74. The van der Waals surface area contributed by atoms with E-state index in [9.17, 15) is 9.18 Å². The van der Waals surface area contributed by atoms with Gasteiger partial charge in [0.05, 0.1) is 23.8 Å². The third-order valence-electron chi connectivity index (χ3n) is 4.05. The first-order valence-electron chi connectivity index (χ1n) is 8.35. The molecule has 0 radical (unpaired) electrons. The van der Waals surface area contributed by atoms with Crippen LogP contribution in [0, 0.1) is 5.82 Å². The number of hydrogen-bond acceptors (Lipinski definition) is 5. The van der Waals surface area contributed by atoms with E-state index in [-0.39, 0.29) is 12.4 Å². The van der Waals surface area contributed by atoms with Crippen LogP contribution < -0.4 is 5.69 Å². The molecule has 4 aromatic rings. The predicted octanol–water partition coefficient (Wildman–Crippen LogP) is 2.93. The second kappa shape index (κ2) is 7.32. The molecule has 1 aromatic carbocycles. The van der Waals surface area contributed by atoms with Crippen molar-refractivity contribution in [1.29, 1.82) is 0 Å². The van der Waals surface area contributed by atoms with Gasteiger partial charge in [0.1, 0.15) is 17.3 Å². The van der Waals surface area contributed by atoms with Crippen LogP contribution in [0.5, 0.6) is 0 Å². The summed E-state index contributed by atoms with van der Waals surface area (Å²) in [6.07, 6.45) is 4.86. The summed E-state index contributed by atoms with van der Waals surface area (Å²) in [6, 6.07) is 7.75. The molecule has 138 valence electrons. The number of alkyl halides is 1. The van der Waals surface area contributed by atoms with Crippen molar-refractivity contribution in [2.24, 2.45) is 0 Å². The van der Waals surface area contributed by atoms with E-state index < -0.39 is 5.69 Å². The second-order valence-corrected chi connectivity index (χ2v) is 6.43. The molecule has 0 aliphatic heterocycles. The smallest absolute Gasteiger partial charge is 0.351 e. The van der Waals surface area contributed by atoms with Gasteiger partial charge in [0.25, 0.3) is 0 Å². The maximum Gasteiger partial charge on any atom is 0.351 e. The maximum absolute atomic E-state index is 13.0. The Bertz CT molecular complexity index is 1130. The van der Waals surface area contributed by atoms with Crippen molar-refractivity contribution < 1.29 is 8.81 Å². The van der Waals surface area contributed by atoms with Gasteiger partial charge in [-0.25, -0.2) is 13.9 Å². The average molecular weight is 388 g/mol. The molecular formula is C18H15ClFN5O2. The van der Waals surface area contributed by atoms with Crippen molar-refractivity contribution in [2.45, 2.75) is 19.4 Å². The van der Waals surface area contributed by atoms with Gasteiger partial charge in [-0.05, 0) is 36.8 Å². The van der Waals surface area contributed by atoms with Crippen LogP contribution in [0.1, 0.15) is 17.9 Å². The summed E-state index contributed by atoms with van der Waals surface area (Å²) >= 11 is 5.70. The first-order valence-corrected chi connectivity index (χ1v) is 8.89. The molecule has 0 aliphatic carbocycles. The zero-order chi connectivity index (χ0) is 18.8. The highest BCUT2D eigenvalue weighted by Gasteiger charge is 2.10. The molecule has 0 bridgehead atoms. The highest BCUT2D eigenvalue weighted by atomic mass is 35.5. The predicted molar refractivity (Wildman–Crippen MR) is 97.7 cm³/mol. The molecule has 3 aromatic heterocycles. The number of benzene rings is 1. The van der Waals surface area contributed by atoms with Crippen molar-refractivity contribution in [3.8, 4) is 5.69 Å². The standard InChI is InChI=1S/C18H15ClFN5O2/c19-7-1-2-16-8-12-9-24(18(26)21-17(12)27-16)10-14-11-25(23-22-14)15-5-3-13(20)4-6-15/h3-6,8-9,11H,1-2,7,10H2. The summed E-state index contributed by atoms with van der Waals surface area (Å²) in [7, 11) is 0. The molecular weight excluding hydrogens is 373 g/mol. The van der Waals surface area contributed by atoms with Crippen LogP contribution in [0.25, 0.3) is 16.8 Å². The van der Waals surface area contributed by atoms with Gasteiger partial charge in [0, 0.05) is 18.5 Å². The quantitative estimate of drug-likeness (QED) is 0.475. The molecule has 0 fully saturated rings. The molecule has 0 aliphatic rings. The van der Waals surface area contributed by atoms with Gasteiger partial charge in [-0.1, -0.05) is 5.21 Å². The molecule has 27 heavy (non-hydrogen) atoms. The number of rotatable bonds is 6. The van der Waals surface area contributed by atoms with Crippen molar-refractivity contribution in [3.05, 3.63) is 70.5 Å². The van der Waals surface area contributed by atoms with Crippen LogP contribution in [0.3, 0.4) is 0 Å². The van der Waals surface area contributed by atoms with Crippen LogP contribution in [0.2, 0.25) is 0 Å². The SMILES string of the molecule is O=c1nc2oc(CCCCl)cc2cn1Cc1cn(-c2ccc(F)cc2)nn1. The molecule has 0 spiro atoms. The van der Waals surface area contributed by atoms with E-state index in [4.69, 9.17) is 16.0 Å². The lowest BCUT2D eigenvalue weighted by atomic mass is 10.2. The molecule has 0 unspecified atom stereocenters. The van der Waals surface area contributed by atoms with Gasteiger partial charge in [-0.2, -0.15) is 4.98 Å². The van der Waals surface area contributed by atoms with E-state index in [1.165, 1.54) is 21.4 Å². The van der Waals surface area contributed by atoms with Gasteiger partial charge < -0.3 is 4.42 Å². The van der Waals surface area contributed by atoms with Crippen LogP contribution in [-0.4, -0.2) is 30.4 Å². The summed E-state index contributed by atoms with van der Waals surface area (Å²) in [5.74, 6) is 0.967. The first kappa shape index (κ1) is 17.4. The highest BCUT2D eigenvalue weighted by molar-refractivity contribution is 6.17. The topological polar surface area (TPSA) is 78.7 Å². The number of aryl methyl sites for hydroxylation is 1. The molecule has 0 amide bonds. The third kappa shape index (κ3) is 3.75. The van der Waals surface area contributed by atoms with Crippen molar-refractivity contribution in [2.75, 3.05) is 5.88 Å². The zero-order valence-corrected chi connectivity index (χ0v) is 14.9. The van der Waals surface area contributed by atoms with Crippen LogP contribution in [0.15, 0.2) is 51.9 Å². The summed E-state index contributed by atoms with van der Waals surface area (Å²) in [6.45, 7) is 0.213. The fraction of sp³-hybridized carbons (Fsp3) is 0.222. The van der Waals surface area contributed by atoms with E-state index >= 15 is 0 Å². The molecule has 0 atom stereocenters. The Labute approximate surface area is 158 Å². The van der Waals surface area contributed by atoms with Crippen molar-refractivity contribution in [1.82, 2.24) is 24.5 Å². The summed E-state index contributed by atoms with van der Waals surface area (Å²) in [4.78, 5) is 16.2. The van der Waals surface area contributed by atoms with Gasteiger partial charge >= 0.3 is 5.69 Å². The fourth-order valence-corrected chi connectivity index (χ4v) is 2.88. The number of halogens is 2. The van der Waals surface area contributed by atoms with E-state index in [1.807, 2.05) is 6.07 Å². The Morgan fingerprint density at radius 3 is 2.78 bits per heavy atom. The third-order valence-corrected chi connectivity index (χ3v) is 4.32. The number of hydrogen-bond donors (Lipinski definition) is 0. The first-order chi connectivity index (χ1) is 13.1. The van der Waals surface area contributed by atoms with Gasteiger partial charge in [0.2, 0.25) is 5.71 Å². The largest absolute Gasteiger partial charge is 0.443 e. The summed E-state index contributed by atoms with van der Waals surface area (Å²) in [5, 5.41) is 8.83. The Morgan fingerprint density at radius 2 is 2.00 bits per heavy atom. The van der Waals surface area contributed by atoms with E-state index in [0.717, 1.165) is 17.6 Å². The normalized spacial score (nSPS) is 11.3. The van der Waals surface area contributed by atoms with Crippen molar-refractivity contribution in [3.63, 3.8) is 0 Å². The molecule has 7 nitrogen and oxygen atoms in total. The Kier molecular flexibility index (Phi) is 4.72. The Hall–Kier alpha value is -3.00. The van der Waals surface area contributed by atoms with Crippen LogP contribution >= 0.6 is 11.6 Å². The lowest BCUT2D eigenvalue weighted by molar-refractivity contribution is 0.532. The van der Waals surface area contributed by atoms with Gasteiger partial charge in [-0.15, -0.1) is 16.7 Å². The number of furan rings is 1. The van der Waals surface area contributed by atoms with E-state index in [0.29, 0.717) is 29.4 Å². The summed E-state index contributed by atoms with van der Waals surface area (Å²) < 4.78 is 21.6. The Balaban J connectivity index is 1.58. The van der Waals surface area contributed by atoms with Gasteiger partial charge in [-0.3, -0.25) is 4.57 Å². The molecule has 4 rings (SSSR count). The average Bonchev–Trinajstić information content (AvgIpc) is 3.27. The molecule has 0 N–H and O–H groups in total. The number of nitrogens with zero attached hydrogens (tertiary/aromatic N) is 5. The molecule has 0 saturated heterocycles. The summed E-state index contributed by atoms with van der Waals surface area (Å²) in [5.41, 5.74) is 1.14. The van der Waals surface area contributed by atoms with Crippen LogP contribution in [-0.2, 0) is 13.0 Å². The zero-order valence-electron chi connectivity index (χ0n) is 14.2. The highest BCUT2D eigenvalue weighted by Crippen LogP contribution is 2.17. The minimum Gasteiger partial charge on any atom is -0.443 e. The lowest BCUT2D eigenvalue weighted by Crippen LogP contribution is -2.22. The second-order valence-electron chi connectivity index (χ2n) is 6.05. The molecule has 3 heterocycles. The van der Waals surface area contributed by atoms with Gasteiger partial charge in [0.15, 0.2) is 0 Å². The van der Waals surface area contributed by atoms with E-state index in [1.54, 1.807) is 24.5 Å². The van der Waals surface area contributed by atoms with E-state index in [2.05, 4.69) is 15.3 Å². The maximum atomic E-state index is 13.0. The van der Waals surface area contributed by atoms with Crippen molar-refractivity contribution >= 4 is 22.7 Å². The molecule has 0 saturated carbocycles. The number of fused-ring (bicyclic) bond motifs is 1. The van der Waals surface area contributed by atoms with Crippen LogP contribution in [0.4, 0.5) is 4.39 Å². The number of aromatic nitrogens is 5. The molecule has 9 heteroatoms.